The molecule has 0 fully saturated rings. The van der Waals surface area contributed by atoms with Gasteiger partial charge >= 0.3 is 11.9 Å². The lowest BCUT2D eigenvalue weighted by atomic mass is 9.72. The lowest BCUT2D eigenvalue weighted by Crippen LogP contribution is -2.35. The van der Waals surface area contributed by atoms with Crippen molar-refractivity contribution < 1.29 is 38.1 Å². The van der Waals surface area contributed by atoms with E-state index in [1.165, 1.54) is 26.4 Å². The third-order valence-electron chi connectivity index (χ3n) is 9.55. The zero-order valence-corrected chi connectivity index (χ0v) is 31.5. The van der Waals surface area contributed by atoms with Crippen LogP contribution in [0.25, 0.3) is 0 Å². The summed E-state index contributed by atoms with van der Waals surface area (Å²) in [4.78, 5) is 50.8. The lowest BCUT2D eigenvalue weighted by molar-refractivity contribution is -0.127. The van der Waals surface area contributed by atoms with Crippen LogP contribution in [-0.4, -0.2) is 95.3 Å². The van der Waals surface area contributed by atoms with Gasteiger partial charge in [-0.3, -0.25) is 19.0 Å². The molecule has 0 atom stereocenters. The minimum absolute atomic E-state index is 0.0625. The van der Waals surface area contributed by atoms with Crippen molar-refractivity contribution in [2.75, 3.05) is 41.5 Å². The van der Waals surface area contributed by atoms with Crippen molar-refractivity contribution in [2.24, 2.45) is 5.41 Å². The van der Waals surface area contributed by atoms with Crippen molar-refractivity contribution in [3.63, 3.8) is 0 Å². The largest absolute Gasteiger partial charge is 0.493 e. The van der Waals surface area contributed by atoms with Crippen LogP contribution in [-0.2, 0) is 45.0 Å². The maximum atomic E-state index is 12.7. The number of nitrogens with zero attached hydrogens (tertiary/aromatic N) is 6. The SMILES string of the molecule is CNC(=O)CC1(CC(=O)NC)CCCCCn2cc(nn2)CCCOc2cc(C(=O)OC)c(cc2C(=O)OC)OCCCCc2cn(nn2)CCCC1. The van der Waals surface area contributed by atoms with Crippen LogP contribution >= 0.6 is 0 Å². The summed E-state index contributed by atoms with van der Waals surface area (Å²) in [6.07, 6.45) is 13.5. The van der Waals surface area contributed by atoms with E-state index in [-0.39, 0.29) is 47.7 Å². The molecule has 53 heavy (non-hydrogen) atoms. The van der Waals surface area contributed by atoms with E-state index in [0.717, 1.165) is 62.8 Å². The Morgan fingerprint density at radius 2 is 1.15 bits per heavy atom. The van der Waals surface area contributed by atoms with Crippen LogP contribution in [0.1, 0.15) is 109 Å². The van der Waals surface area contributed by atoms with E-state index >= 15 is 0 Å². The predicted octanol–water partition coefficient (Wildman–Crippen LogP) is 3.86. The van der Waals surface area contributed by atoms with Crippen molar-refractivity contribution in [1.29, 1.82) is 0 Å². The number of esters is 2. The molecule has 0 radical (unpaired) electrons. The number of carbonyl (C=O) groups excluding carboxylic acids is 4. The Labute approximate surface area is 310 Å². The number of aryl methyl sites for hydroxylation is 4. The number of aromatic nitrogens is 6. The monoisotopic (exact) mass is 738 g/mol. The number of fused-ring (bicyclic) bond motifs is 18. The molecule has 1 aromatic carbocycles. The first-order valence-corrected chi connectivity index (χ1v) is 18.5. The number of hydrogen-bond donors (Lipinski definition) is 2. The molecular formula is C37H54N8O8. The maximum absolute atomic E-state index is 12.7. The topological polar surface area (TPSA) is 191 Å². The summed E-state index contributed by atoms with van der Waals surface area (Å²) >= 11 is 0. The molecule has 290 valence electrons. The number of nitrogens with one attached hydrogen (secondary N) is 2. The van der Waals surface area contributed by atoms with Gasteiger partial charge in [0.25, 0.3) is 0 Å². The zero-order chi connectivity index (χ0) is 38.1. The van der Waals surface area contributed by atoms with Gasteiger partial charge in [-0.05, 0) is 75.3 Å². The van der Waals surface area contributed by atoms with E-state index in [4.69, 9.17) is 18.9 Å². The molecule has 16 nitrogen and oxygen atoms in total. The summed E-state index contributed by atoms with van der Waals surface area (Å²) in [5, 5.41) is 22.8. The fraction of sp³-hybridized carbons (Fsp3) is 0.622. The summed E-state index contributed by atoms with van der Waals surface area (Å²) in [7, 11) is 5.83. The summed E-state index contributed by atoms with van der Waals surface area (Å²) in [6, 6.07) is 2.92. The molecule has 0 saturated carbocycles. The van der Waals surface area contributed by atoms with Gasteiger partial charge in [0, 0.05) is 52.4 Å². The quantitative estimate of drug-likeness (QED) is 0.348. The average Bonchev–Trinajstić information content (AvgIpc) is 3.83. The normalized spacial score (nSPS) is 16.4. The standard InChI is InChI=1S/C37H54N8O8/c1-38-33(46)23-37(24-34(47)39-2)15-7-5-9-17-44-26-28(41-43-44)14-12-20-53-32-22-29(35(48)50-3)31(21-30(32)36(49)51-4)52-19-11-6-13-27-25-45(42-40-27)18-10-8-16-37/h21-22,25-26H,5-20,23-24H2,1-4H3,(H,38,46)(H,39,47). The van der Waals surface area contributed by atoms with Gasteiger partial charge in [0.15, 0.2) is 0 Å². The van der Waals surface area contributed by atoms with E-state index in [0.29, 0.717) is 51.6 Å². The van der Waals surface area contributed by atoms with E-state index in [1.54, 1.807) is 14.1 Å². The van der Waals surface area contributed by atoms with Gasteiger partial charge in [-0.1, -0.05) is 29.7 Å². The molecule has 0 spiro atoms. The van der Waals surface area contributed by atoms with Crippen molar-refractivity contribution in [3.8, 4) is 11.5 Å². The number of benzene rings is 1. The second kappa shape index (κ2) is 20.9. The van der Waals surface area contributed by atoms with Gasteiger partial charge in [-0.25, -0.2) is 9.59 Å². The molecule has 5 rings (SSSR count). The molecule has 2 aliphatic rings. The second-order valence-corrected chi connectivity index (χ2v) is 13.5. The lowest BCUT2D eigenvalue weighted by Gasteiger charge is -2.33. The van der Waals surface area contributed by atoms with Crippen molar-refractivity contribution in [1.82, 2.24) is 40.6 Å². The molecule has 16 heteroatoms. The molecule has 2 N–H and O–H groups in total. The molecule has 2 aliphatic heterocycles. The van der Waals surface area contributed by atoms with Gasteiger partial charge < -0.3 is 29.6 Å². The van der Waals surface area contributed by atoms with Crippen molar-refractivity contribution in [2.45, 2.75) is 103 Å². The molecule has 6 bridgehead atoms. The summed E-state index contributed by atoms with van der Waals surface area (Å²) in [6.45, 7) is 1.89. The highest BCUT2D eigenvalue weighted by atomic mass is 16.5. The summed E-state index contributed by atoms with van der Waals surface area (Å²) in [5.74, 6) is -0.972. The number of amides is 2. The van der Waals surface area contributed by atoms with Gasteiger partial charge in [0.2, 0.25) is 11.8 Å². The van der Waals surface area contributed by atoms with Gasteiger partial charge in [0.1, 0.15) is 22.6 Å². The van der Waals surface area contributed by atoms with Crippen LogP contribution in [0.5, 0.6) is 11.5 Å². The number of hydrogen-bond acceptors (Lipinski definition) is 12. The van der Waals surface area contributed by atoms with E-state index < -0.39 is 17.4 Å². The van der Waals surface area contributed by atoms with E-state index in [2.05, 4.69) is 31.3 Å². The Hall–Kier alpha value is -5.02. The summed E-state index contributed by atoms with van der Waals surface area (Å²) < 4.78 is 25.6. The first-order valence-electron chi connectivity index (χ1n) is 18.5. The van der Waals surface area contributed by atoms with Crippen LogP contribution in [0.2, 0.25) is 0 Å². The van der Waals surface area contributed by atoms with Crippen LogP contribution in [0.15, 0.2) is 24.5 Å². The highest BCUT2D eigenvalue weighted by molar-refractivity contribution is 5.98. The van der Waals surface area contributed by atoms with Crippen molar-refractivity contribution in [3.05, 3.63) is 47.0 Å². The Kier molecular flexibility index (Phi) is 16.0. The number of methoxy groups -OCH3 is 2. The third kappa shape index (κ3) is 12.6. The van der Waals surface area contributed by atoms with E-state index in [9.17, 15) is 19.2 Å². The molecule has 0 unspecified atom stereocenters. The molecule has 0 saturated heterocycles. The number of ether oxygens (including phenoxy) is 4. The predicted molar refractivity (Wildman–Crippen MR) is 194 cm³/mol. The van der Waals surface area contributed by atoms with Gasteiger partial charge in [-0.15, -0.1) is 10.2 Å². The fourth-order valence-corrected chi connectivity index (χ4v) is 6.61. The average molecular weight is 739 g/mol. The first-order chi connectivity index (χ1) is 25.7. The molecule has 2 amide bonds. The summed E-state index contributed by atoms with van der Waals surface area (Å²) in [5.41, 5.74) is 1.50. The first kappa shape index (κ1) is 40.7. The molecule has 4 heterocycles. The zero-order valence-electron chi connectivity index (χ0n) is 31.5. The minimum Gasteiger partial charge on any atom is -0.493 e. The fourth-order valence-electron chi connectivity index (χ4n) is 6.61. The van der Waals surface area contributed by atoms with Gasteiger partial charge in [0.05, 0.1) is 38.8 Å². The smallest absolute Gasteiger partial charge is 0.341 e. The van der Waals surface area contributed by atoms with Crippen LogP contribution in [0.3, 0.4) is 0 Å². The highest BCUT2D eigenvalue weighted by Gasteiger charge is 2.34. The van der Waals surface area contributed by atoms with E-state index in [1.807, 2.05) is 21.8 Å². The Balaban J connectivity index is 1.50. The van der Waals surface area contributed by atoms with Crippen LogP contribution in [0.4, 0.5) is 0 Å². The van der Waals surface area contributed by atoms with Crippen LogP contribution < -0.4 is 20.1 Å². The molecule has 3 aromatic rings. The number of rotatable bonds is 6. The maximum Gasteiger partial charge on any atom is 0.341 e. The van der Waals surface area contributed by atoms with Crippen LogP contribution in [0, 0.1) is 5.41 Å². The molecular weight excluding hydrogens is 684 g/mol. The highest BCUT2D eigenvalue weighted by Crippen LogP contribution is 2.39. The Morgan fingerprint density at radius 3 is 1.66 bits per heavy atom. The molecule has 0 aliphatic carbocycles. The second-order valence-electron chi connectivity index (χ2n) is 13.5. The number of carbonyl (C=O) groups is 4. The third-order valence-corrected chi connectivity index (χ3v) is 9.55. The Morgan fingerprint density at radius 1 is 0.679 bits per heavy atom. The van der Waals surface area contributed by atoms with Gasteiger partial charge in [-0.2, -0.15) is 0 Å². The minimum atomic E-state index is -0.619. The Bertz CT molecular complexity index is 1640. The van der Waals surface area contributed by atoms with Crippen molar-refractivity contribution >= 4 is 23.8 Å². The molecule has 2 aromatic heterocycles.